The molecule has 2 nitrogen and oxygen atoms in total. The minimum absolute atomic E-state index is 0.140. The smallest absolute Gasteiger partial charge is 0.0627 e. The number of benzene rings is 1. The van der Waals surface area contributed by atoms with Crippen molar-refractivity contribution in [2.24, 2.45) is 11.7 Å². The Labute approximate surface area is 110 Å². The molecule has 2 bridgehead atoms. The quantitative estimate of drug-likeness (QED) is 0.886. The summed E-state index contributed by atoms with van der Waals surface area (Å²) in [6.07, 6.45) is 4.49. The summed E-state index contributed by atoms with van der Waals surface area (Å²) in [5.41, 5.74) is 9.08. The van der Waals surface area contributed by atoms with Gasteiger partial charge in [0.15, 0.2) is 0 Å². The summed E-state index contributed by atoms with van der Waals surface area (Å²) in [5, 5.41) is 0. The van der Waals surface area contributed by atoms with E-state index in [1.807, 2.05) is 0 Å². The van der Waals surface area contributed by atoms with Crippen molar-refractivity contribution in [3.8, 4) is 0 Å². The van der Waals surface area contributed by atoms with Crippen molar-refractivity contribution in [3.63, 3.8) is 0 Å². The van der Waals surface area contributed by atoms with E-state index in [1.165, 1.54) is 24.0 Å². The van der Waals surface area contributed by atoms with E-state index in [-0.39, 0.29) is 6.04 Å². The summed E-state index contributed by atoms with van der Waals surface area (Å²) >= 11 is 0. The lowest BCUT2D eigenvalue weighted by Gasteiger charge is -2.25. The summed E-state index contributed by atoms with van der Waals surface area (Å²) in [6.45, 7) is 4.44. The van der Waals surface area contributed by atoms with Gasteiger partial charge in [-0.15, -0.1) is 0 Å². The van der Waals surface area contributed by atoms with Gasteiger partial charge in [0.05, 0.1) is 12.2 Å². The van der Waals surface area contributed by atoms with Crippen LogP contribution in [0.3, 0.4) is 0 Å². The van der Waals surface area contributed by atoms with Gasteiger partial charge in [-0.3, -0.25) is 0 Å². The van der Waals surface area contributed by atoms with Crippen molar-refractivity contribution in [3.05, 3.63) is 35.4 Å². The Morgan fingerprint density at radius 2 is 1.78 bits per heavy atom. The van der Waals surface area contributed by atoms with Gasteiger partial charge in [-0.25, -0.2) is 0 Å². The SMILES string of the molecule is CC(C)c1ccc(C(N)C2CC3CCC2O3)cc1. The van der Waals surface area contributed by atoms with Crippen LogP contribution >= 0.6 is 0 Å². The van der Waals surface area contributed by atoms with Crippen molar-refractivity contribution in [1.29, 1.82) is 0 Å². The van der Waals surface area contributed by atoms with Gasteiger partial charge in [0, 0.05) is 12.0 Å². The lowest BCUT2D eigenvalue weighted by Crippen LogP contribution is -2.29. The van der Waals surface area contributed by atoms with Crippen LogP contribution in [0.2, 0.25) is 0 Å². The first-order chi connectivity index (χ1) is 8.65. The molecule has 0 spiro atoms. The minimum atomic E-state index is 0.140. The molecule has 0 aliphatic carbocycles. The second-order valence-corrected chi connectivity index (χ2v) is 6.12. The third kappa shape index (κ3) is 2.08. The monoisotopic (exact) mass is 245 g/mol. The van der Waals surface area contributed by atoms with E-state index in [2.05, 4.69) is 38.1 Å². The molecule has 3 rings (SSSR count). The van der Waals surface area contributed by atoms with Crippen molar-refractivity contribution < 1.29 is 4.74 Å². The topological polar surface area (TPSA) is 35.2 Å². The van der Waals surface area contributed by atoms with Crippen LogP contribution in [0, 0.1) is 5.92 Å². The molecule has 0 aromatic heterocycles. The van der Waals surface area contributed by atoms with Crippen LogP contribution in [0.25, 0.3) is 0 Å². The summed E-state index contributed by atoms with van der Waals surface area (Å²) in [4.78, 5) is 0. The van der Waals surface area contributed by atoms with Gasteiger partial charge in [-0.05, 0) is 36.3 Å². The number of hydrogen-bond donors (Lipinski definition) is 1. The van der Waals surface area contributed by atoms with Crippen LogP contribution in [0.5, 0.6) is 0 Å². The van der Waals surface area contributed by atoms with E-state index < -0.39 is 0 Å². The fourth-order valence-electron chi connectivity index (χ4n) is 3.41. The van der Waals surface area contributed by atoms with Crippen LogP contribution in [-0.2, 0) is 4.74 Å². The third-order valence-corrected chi connectivity index (χ3v) is 4.60. The van der Waals surface area contributed by atoms with E-state index in [1.54, 1.807) is 0 Å². The Bertz CT molecular complexity index is 412. The van der Waals surface area contributed by atoms with Crippen molar-refractivity contribution in [2.75, 3.05) is 0 Å². The molecule has 2 heterocycles. The molecule has 2 aliphatic rings. The predicted molar refractivity (Wildman–Crippen MR) is 73.5 cm³/mol. The fourth-order valence-corrected chi connectivity index (χ4v) is 3.41. The Kier molecular flexibility index (Phi) is 3.16. The van der Waals surface area contributed by atoms with Crippen molar-refractivity contribution in [1.82, 2.24) is 0 Å². The number of rotatable bonds is 3. The van der Waals surface area contributed by atoms with Gasteiger partial charge < -0.3 is 10.5 Å². The molecule has 18 heavy (non-hydrogen) atoms. The van der Waals surface area contributed by atoms with E-state index in [0.717, 1.165) is 6.42 Å². The Hall–Kier alpha value is -0.860. The van der Waals surface area contributed by atoms with Gasteiger partial charge in [0.2, 0.25) is 0 Å². The molecule has 1 aromatic rings. The Morgan fingerprint density at radius 3 is 2.28 bits per heavy atom. The predicted octanol–water partition coefficient (Wildman–Crippen LogP) is 3.38. The Morgan fingerprint density at radius 1 is 1.11 bits per heavy atom. The first-order valence-corrected chi connectivity index (χ1v) is 7.16. The van der Waals surface area contributed by atoms with Crippen LogP contribution < -0.4 is 5.73 Å². The highest BCUT2D eigenvalue weighted by atomic mass is 16.5. The van der Waals surface area contributed by atoms with Crippen LogP contribution in [0.15, 0.2) is 24.3 Å². The van der Waals surface area contributed by atoms with Crippen LogP contribution in [0.4, 0.5) is 0 Å². The van der Waals surface area contributed by atoms with Gasteiger partial charge in [0.25, 0.3) is 0 Å². The van der Waals surface area contributed by atoms with E-state index >= 15 is 0 Å². The molecule has 0 radical (unpaired) electrons. The molecule has 2 aliphatic heterocycles. The van der Waals surface area contributed by atoms with Crippen LogP contribution in [0.1, 0.15) is 56.2 Å². The molecule has 2 fully saturated rings. The summed E-state index contributed by atoms with van der Waals surface area (Å²) < 4.78 is 5.91. The number of fused-ring (bicyclic) bond motifs is 2. The highest BCUT2D eigenvalue weighted by Crippen LogP contribution is 2.43. The first kappa shape index (κ1) is 12.2. The van der Waals surface area contributed by atoms with Gasteiger partial charge in [0.1, 0.15) is 0 Å². The van der Waals surface area contributed by atoms with Gasteiger partial charge >= 0.3 is 0 Å². The fraction of sp³-hybridized carbons (Fsp3) is 0.625. The Balaban J connectivity index is 1.74. The molecule has 2 heteroatoms. The highest BCUT2D eigenvalue weighted by molar-refractivity contribution is 5.27. The second kappa shape index (κ2) is 4.67. The maximum atomic E-state index is 6.43. The average molecular weight is 245 g/mol. The molecule has 0 saturated carbocycles. The maximum Gasteiger partial charge on any atom is 0.0627 e. The molecule has 98 valence electrons. The summed E-state index contributed by atoms with van der Waals surface area (Å²) in [5.74, 6) is 1.11. The highest BCUT2D eigenvalue weighted by Gasteiger charge is 2.43. The van der Waals surface area contributed by atoms with Crippen molar-refractivity contribution in [2.45, 2.75) is 57.3 Å². The molecule has 0 amide bonds. The number of nitrogens with two attached hydrogens (primary N) is 1. The van der Waals surface area contributed by atoms with Crippen molar-refractivity contribution >= 4 is 0 Å². The zero-order valence-corrected chi connectivity index (χ0v) is 11.3. The molecular formula is C16H23NO. The molecule has 2 saturated heterocycles. The van der Waals surface area contributed by atoms with Crippen LogP contribution in [-0.4, -0.2) is 12.2 Å². The van der Waals surface area contributed by atoms with E-state index in [4.69, 9.17) is 10.5 Å². The maximum absolute atomic E-state index is 6.43. The molecular weight excluding hydrogens is 222 g/mol. The third-order valence-electron chi connectivity index (χ3n) is 4.60. The lowest BCUT2D eigenvalue weighted by atomic mass is 9.81. The molecule has 4 atom stereocenters. The normalized spacial score (nSPS) is 32.1. The number of hydrogen-bond acceptors (Lipinski definition) is 2. The second-order valence-electron chi connectivity index (χ2n) is 6.12. The molecule has 2 N–H and O–H groups in total. The summed E-state index contributed by atoms with van der Waals surface area (Å²) in [6, 6.07) is 8.97. The number of ether oxygens (including phenoxy) is 1. The largest absolute Gasteiger partial charge is 0.375 e. The van der Waals surface area contributed by atoms with E-state index in [9.17, 15) is 0 Å². The first-order valence-electron chi connectivity index (χ1n) is 7.16. The standard InChI is InChI=1S/C16H23NO/c1-10(2)11-3-5-12(6-4-11)16(17)14-9-13-7-8-15(14)18-13/h3-6,10,13-16H,7-9,17H2,1-2H3. The van der Waals surface area contributed by atoms with Gasteiger partial charge in [-0.2, -0.15) is 0 Å². The zero-order chi connectivity index (χ0) is 12.7. The van der Waals surface area contributed by atoms with E-state index in [0.29, 0.717) is 24.0 Å². The minimum Gasteiger partial charge on any atom is -0.375 e. The average Bonchev–Trinajstić information content (AvgIpc) is 3.00. The summed E-state index contributed by atoms with van der Waals surface area (Å²) in [7, 11) is 0. The lowest BCUT2D eigenvalue weighted by molar-refractivity contribution is 0.0885. The molecule has 4 unspecified atom stereocenters. The zero-order valence-electron chi connectivity index (χ0n) is 11.3. The molecule has 1 aromatic carbocycles. The van der Waals surface area contributed by atoms with Gasteiger partial charge in [-0.1, -0.05) is 38.1 Å².